The van der Waals surface area contributed by atoms with E-state index in [1.165, 1.54) is 5.56 Å². The number of pyridine rings is 1. The summed E-state index contributed by atoms with van der Waals surface area (Å²) < 4.78 is 1.83. The van der Waals surface area contributed by atoms with Gasteiger partial charge in [-0.25, -0.2) is 4.98 Å². The number of hydrogen-bond donors (Lipinski definition) is 1. The van der Waals surface area contributed by atoms with Gasteiger partial charge in [-0.15, -0.1) is 0 Å². The molecule has 0 amide bonds. The Morgan fingerprint density at radius 3 is 2.63 bits per heavy atom. The van der Waals surface area contributed by atoms with Crippen molar-refractivity contribution in [3.05, 3.63) is 90.8 Å². The topological polar surface area (TPSA) is 55.1 Å². The summed E-state index contributed by atoms with van der Waals surface area (Å²) in [4.78, 5) is 9.16. The summed E-state index contributed by atoms with van der Waals surface area (Å²) in [5, 5.41) is 9.09. The summed E-state index contributed by atoms with van der Waals surface area (Å²) in [6, 6.07) is 24.4. The van der Waals surface area contributed by atoms with Crippen LogP contribution in [-0.4, -0.2) is 19.6 Å². The normalized spacial score (nSPS) is 11.1. The Labute approximate surface area is 156 Å². The molecule has 3 heterocycles. The standard InChI is InChI=1S/C22H17N5/c1-2-6-16(7-3-1)20-14-22(27-21(26-20)11-13-25-27)24-15-17-10-12-23-19-9-5-4-8-18(17)19/h1-14,24H,15H2. The van der Waals surface area contributed by atoms with Gasteiger partial charge in [0, 0.05) is 35.8 Å². The molecule has 0 fully saturated rings. The fourth-order valence-electron chi connectivity index (χ4n) is 3.29. The Morgan fingerprint density at radius 2 is 1.70 bits per heavy atom. The predicted molar refractivity (Wildman–Crippen MR) is 107 cm³/mol. The SMILES string of the molecule is c1ccc(-c2cc(NCc3ccnc4ccccc34)n3nccc3n2)cc1. The van der Waals surface area contributed by atoms with Gasteiger partial charge in [0.1, 0.15) is 5.82 Å². The molecule has 0 bridgehead atoms. The van der Waals surface area contributed by atoms with Gasteiger partial charge >= 0.3 is 0 Å². The van der Waals surface area contributed by atoms with Gasteiger partial charge in [-0.3, -0.25) is 4.98 Å². The Morgan fingerprint density at radius 1 is 0.852 bits per heavy atom. The van der Waals surface area contributed by atoms with Crippen molar-refractivity contribution in [3.63, 3.8) is 0 Å². The maximum Gasteiger partial charge on any atom is 0.157 e. The van der Waals surface area contributed by atoms with Crippen molar-refractivity contribution >= 4 is 22.4 Å². The highest BCUT2D eigenvalue weighted by Crippen LogP contribution is 2.23. The van der Waals surface area contributed by atoms with Gasteiger partial charge in [0.2, 0.25) is 0 Å². The third-order valence-electron chi connectivity index (χ3n) is 4.63. The predicted octanol–water partition coefficient (Wildman–Crippen LogP) is 4.56. The third-order valence-corrected chi connectivity index (χ3v) is 4.63. The lowest BCUT2D eigenvalue weighted by atomic mass is 10.1. The van der Waals surface area contributed by atoms with E-state index in [0.29, 0.717) is 6.54 Å². The first-order chi connectivity index (χ1) is 13.4. The van der Waals surface area contributed by atoms with E-state index in [1.54, 1.807) is 6.20 Å². The maximum absolute atomic E-state index is 4.72. The van der Waals surface area contributed by atoms with Gasteiger partial charge in [-0.2, -0.15) is 9.61 Å². The number of para-hydroxylation sites is 1. The second kappa shape index (κ2) is 6.53. The minimum absolute atomic E-state index is 0.677. The quantitative estimate of drug-likeness (QED) is 0.516. The number of nitrogens with zero attached hydrogens (tertiary/aromatic N) is 4. The van der Waals surface area contributed by atoms with Gasteiger partial charge < -0.3 is 5.32 Å². The molecule has 5 heteroatoms. The molecule has 3 aromatic heterocycles. The second-order valence-corrected chi connectivity index (χ2v) is 6.33. The lowest BCUT2D eigenvalue weighted by Crippen LogP contribution is -2.07. The van der Waals surface area contributed by atoms with E-state index in [0.717, 1.165) is 33.6 Å². The van der Waals surface area contributed by atoms with E-state index in [-0.39, 0.29) is 0 Å². The molecule has 0 radical (unpaired) electrons. The molecule has 27 heavy (non-hydrogen) atoms. The fraction of sp³-hybridized carbons (Fsp3) is 0.0455. The van der Waals surface area contributed by atoms with E-state index >= 15 is 0 Å². The molecular weight excluding hydrogens is 334 g/mol. The van der Waals surface area contributed by atoms with Crippen molar-refractivity contribution in [2.24, 2.45) is 0 Å². The van der Waals surface area contributed by atoms with Crippen LogP contribution in [0.2, 0.25) is 0 Å². The molecule has 0 spiro atoms. The van der Waals surface area contributed by atoms with Gasteiger partial charge in [0.25, 0.3) is 0 Å². The zero-order valence-electron chi connectivity index (χ0n) is 14.6. The molecule has 0 atom stereocenters. The molecule has 0 aliphatic carbocycles. The first kappa shape index (κ1) is 15.5. The highest BCUT2D eigenvalue weighted by atomic mass is 15.3. The fourth-order valence-corrected chi connectivity index (χ4v) is 3.29. The second-order valence-electron chi connectivity index (χ2n) is 6.33. The molecule has 2 aromatic carbocycles. The molecule has 5 rings (SSSR count). The smallest absolute Gasteiger partial charge is 0.157 e. The maximum atomic E-state index is 4.72. The van der Waals surface area contributed by atoms with Gasteiger partial charge in [-0.1, -0.05) is 48.5 Å². The van der Waals surface area contributed by atoms with Gasteiger partial charge in [0.05, 0.1) is 17.4 Å². The van der Waals surface area contributed by atoms with Crippen molar-refractivity contribution in [3.8, 4) is 11.3 Å². The Kier molecular flexibility index (Phi) is 3.76. The average Bonchev–Trinajstić information content (AvgIpc) is 3.21. The van der Waals surface area contributed by atoms with Crippen molar-refractivity contribution < 1.29 is 0 Å². The molecule has 1 N–H and O–H groups in total. The molecule has 5 nitrogen and oxygen atoms in total. The third kappa shape index (κ3) is 2.89. The summed E-state index contributed by atoms with van der Waals surface area (Å²) in [5.41, 5.74) is 5.02. The van der Waals surface area contributed by atoms with Crippen LogP contribution < -0.4 is 5.32 Å². The van der Waals surface area contributed by atoms with Crippen LogP contribution in [0.1, 0.15) is 5.56 Å². The van der Waals surface area contributed by atoms with E-state index in [1.807, 2.05) is 59.2 Å². The van der Waals surface area contributed by atoms with Crippen LogP contribution in [0.5, 0.6) is 0 Å². The van der Waals surface area contributed by atoms with Gasteiger partial charge in [-0.05, 0) is 17.7 Å². The van der Waals surface area contributed by atoms with E-state index in [2.05, 4.69) is 39.7 Å². The van der Waals surface area contributed by atoms with Crippen molar-refractivity contribution in [2.45, 2.75) is 6.54 Å². The Balaban J connectivity index is 1.54. The lowest BCUT2D eigenvalue weighted by molar-refractivity contribution is 0.928. The minimum atomic E-state index is 0.677. The lowest BCUT2D eigenvalue weighted by Gasteiger charge is -2.12. The number of benzene rings is 2. The van der Waals surface area contributed by atoms with Crippen molar-refractivity contribution in [2.75, 3.05) is 5.32 Å². The number of rotatable bonds is 4. The highest BCUT2D eigenvalue weighted by Gasteiger charge is 2.09. The van der Waals surface area contributed by atoms with E-state index in [4.69, 9.17) is 4.98 Å². The van der Waals surface area contributed by atoms with Crippen molar-refractivity contribution in [1.82, 2.24) is 19.6 Å². The minimum Gasteiger partial charge on any atom is -0.366 e. The van der Waals surface area contributed by atoms with Crippen LogP contribution in [0.25, 0.3) is 27.8 Å². The number of anilines is 1. The van der Waals surface area contributed by atoms with Crippen molar-refractivity contribution in [1.29, 1.82) is 0 Å². The monoisotopic (exact) mass is 351 g/mol. The summed E-state index contributed by atoms with van der Waals surface area (Å²) in [5.74, 6) is 0.907. The largest absolute Gasteiger partial charge is 0.366 e. The molecule has 0 saturated heterocycles. The van der Waals surface area contributed by atoms with Crippen LogP contribution in [-0.2, 0) is 6.54 Å². The number of fused-ring (bicyclic) bond motifs is 2. The summed E-state index contributed by atoms with van der Waals surface area (Å²) in [6.07, 6.45) is 3.62. The van der Waals surface area contributed by atoms with Crippen LogP contribution in [0.15, 0.2) is 85.2 Å². The molecule has 130 valence electrons. The van der Waals surface area contributed by atoms with Gasteiger partial charge in [0.15, 0.2) is 5.65 Å². The summed E-state index contributed by atoms with van der Waals surface area (Å²) >= 11 is 0. The molecule has 5 aromatic rings. The number of hydrogen-bond acceptors (Lipinski definition) is 4. The van der Waals surface area contributed by atoms with Crippen LogP contribution in [0.4, 0.5) is 5.82 Å². The molecule has 0 aliphatic rings. The van der Waals surface area contributed by atoms with Crippen LogP contribution >= 0.6 is 0 Å². The van der Waals surface area contributed by atoms with Crippen LogP contribution in [0, 0.1) is 0 Å². The number of nitrogens with one attached hydrogen (secondary N) is 1. The molecular formula is C22H17N5. The van der Waals surface area contributed by atoms with E-state index in [9.17, 15) is 0 Å². The zero-order valence-corrected chi connectivity index (χ0v) is 14.6. The molecule has 0 aliphatic heterocycles. The first-order valence-electron chi connectivity index (χ1n) is 8.85. The molecule has 0 unspecified atom stereocenters. The Hall–Kier alpha value is -3.73. The summed E-state index contributed by atoms with van der Waals surface area (Å²) in [6.45, 7) is 0.677. The van der Waals surface area contributed by atoms with Crippen LogP contribution in [0.3, 0.4) is 0 Å². The highest BCUT2D eigenvalue weighted by molar-refractivity contribution is 5.82. The Bertz CT molecular complexity index is 1220. The number of aromatic nitrogens is 4. The first-order valence-corrected chi connectivity index (χ1v) is 8.85. The zero-order chi connectivity index (χ0) is 18.1. The van der Waals surface area contributed by atoms with E-state index < -0.39 is 0 Å². The average molecular weight is 351 g/mol. The summed E-state index contributed by atoms with van der Waals surface area (Å²) in [7, 11) is 0. The molecule has 0 saturated carbocycles.